The van der Waals surface area contributed by atoms with Crippen LogP contribution in [0.3, 0.4) is 0 Å². The minimum atomic E-state index is 0.240. The Morgan fingerprint density at radius 3 is 2.46 bits per heavy atom. The molecule has 78 valence electrons. The van der Waals surface area contributed by atoms with Crippen LogP contribution in [0, 0.1) is 0 Å². The van der Waals surface area contributed by atoms with Crippen molar-refractivity contribution in [3.05, 3.63) is 0 Å². The van der Waals surface area contributed by atoms with Gasteiger partial charge in [0.15, 0.2) is 0 Å². The van der Waals surface area contributed by atoms with Crippen LogP contribution in [0.5, 0.6) is 0 Å². The standard InChI is InChI=1S/C10H21NO2/c1-4-7-10(12)11(5-2)8-9-13-6-3/h4-9H2,1-3H3. The third kappa shape index (κ3) is 5.64. The summed E-state index contributed by atoms with van der Waals surface area (Å²) in [6.45, 7) is 8.87. The fourth-order valence-electron chi connectivity index (χ4n) is 1.15. The van der Waals surface area contributed by atoms with Crippen molar-refractivity contribution in [3.63, 3.8) is 0 Å². The molecule has 0 aliphatic carbocycles. The summed E-state index contributed by atoms with van der Waals surface area (Å²) in [4.78, 5) is 13.3. The molecular formula is C10H21NO2. The predicted molar refractivity (Wildman–Crippen MR) is 53.7 cm³/mol. The molecule has 0 fully saturated rings. The molecule has 3 nitrogen and oxygen atoms in total. The lowest BCUT2D eigenvalue weighted by molar-refractivity contribution is -0.131. The lowest BCUT2D eigenvalue weighted by Crippen LogP contribution is -2.33. The summed E-state index contributed by atoms with van der Waals surface area (Å²) >= 11 is 0. The molecule has 0 saturated carbocycles. The average molecular weight is 187 g/mol. The molecule has 0 spiro atoms. The molecule has 0 radical (unpaired) electrons. The van der Waals surface area contributed by atoms with Crippen LogP contribution in [0.15, 0.2) is 0 Å². The van der Waals surface area contributed by atoms with Gasteiger partial charge in [0.05, 0.1) is 6.61 Å². The summed E-state index contributed by atoms with van der Waals surface area (Å²) in [5.74, 6) is 0.240. The Morgan fingerprint density at radius 2 is 2.00 bits per heavy atom. The van der Waals surface area contributed by atoms with Crippen LogP contribution in [-0.2, 0) is 9.53 Å². The molecule has 0 unspecified atom stereocenters. The predicted octanol–water partition coefficient (Wildman–Crippen LogP) is 1.67. The van der Waals surface area contributed by atoms with Crippen LogP contribution < -0.4 is 0 Å². The number of nitrogens with zero attached hydrogens (tertiary/aromatic N) is 1. The fraction of sp³-hybridized carbons (Fsp3) is 0.900. The third-order valence-electron chi connectivity index (χ3n) is 1.91. The second-order valence-electron chi connectivity index (χ2n) is 2.92. The largest absolute Gasteiger partial charge is 0.380 e. The van der Waals surface area contributed by atoms with Gasteiger partial charge in [-0.1, -0.05) is 6.92 Å². The first-order valence-electron chi connectivity index (χ1n) is 5.11. The first-order chi connectivity index (χ1) is 6.26. The second kappa shape index (κ2) is 8.05. The van der Waals surface area contributed by atoms with E-state index in [2.05, 4.69) is 0 Å². The van der Waals surface area contributed by atoms with Gasteiger partial charge in [-0.3, -0.25) is 4.79 Å². The van der Waals surface area contributed by atoms with E-state index in [0.717, 1.165) is 26.1 Å². The van der Waals surface area contributed by atoms with E-state index < -0.39 is 0 Å². The van der Waals surface area contributed by atoms with Crippen LogP contribution in [0.25, 0.3) is 0 Å². The van der Waals surface area contributed by atoms with E-state index >= 15 is 0 Å². The van der Waals surface area contributed by atoms with Gasteiger partial charge in [-0.05, 0) is 20.3 Å². The van der Waals surface area contributed by atoms with E-state index in [-0.39, 0.29) is 5.91 Å². The SMILES string of the molecule is CCCC(=O)N(CC)CCOCC. The molecule has 0 aromatic rings. The number of ether oxygens (including phenoxy) is 1. The van der Waals surface area contributed by atoms with Gasteiger partial charge >= 0.3 is 0 Å². The Kier molecular flexibility index (Phi) is 7.69. The lowest BCUT2D eigenvalue weighted by atomic mass is 10.3. The van der Waals surface area contributed by atoms with Gasteiger partial charge in [0.2, 0.25) is 5.91 Å². The Bertz CT molecular complexity index is 137. The number of hydrogen-bond acceptors (Lipinski definition) is 2. The van der Waals surface area contributed by atoms with Crippen molar-refractivity contribution in [1.29, 1.82) is 0 Å². The van der Waals surface area contributed by atoms with Crippen LogP contribution in [-0.4, -0.2) is 37.1 Å². The number of carbonyl (C=O) groups excluding carboxylic acids is 1. The van der Waals surface area contributed by atoms with E-state index in [0.29, 0.717) is 13.0 Å². The highest BCUT2D eigenvalue weighted by atomic mass is 16.5. The molecule has 0 heterocycles. The topological polar surface area (TPSA) is 29.5 Å². The highest BCUT2D eigenvalue weighted by Gasteiger charge is 2.08. The molecule has 0 N–H and O–H groups in total. The highest BCUT2D eigenvalue weighted by Crippen LogP contribution is 1.97. The lowest BCUT2D eigenvalue weighted by Gasteiger charge is -2.20. The van der Waals surface area contributed by atoms with Crippen LogP contribution >= 0.6 is 0 Å². The van der Waals surface area contributed by atoms with Crippen LogP contribution in [0.2, 0.25) is 0 Å². The van der Waals surface area contributed by atoms with Gasteiger partial charge in [0, 0.05) is 26.1 Å². The quantitative estimate of drug-likeness (QED) is 0.567. The van der Waals surface area contributed by atoms with Gasteiger partial charge in [-0.15, -0.1) is 0 Å². The van der Waals surface area contributed by atoms with Gasteiger partial charge < -0.3 is 9.64 Å². The average Bonchev–Trinajstić information content (AvgIpc) is 2.13. The zero-order valence-corrected chi connectivity index (χ0v) is 9.01. The second-order valence-corrected chi connectivity index (χ2v) is 2.92. The Hall–Kier alpha value is -0.570. The van der Waals surface area contributed by atoms with Crippen molar-refractivity contribution >= 4 is 5.91 Å². The molecule has 0 aromatic heterocycles. The first-order valence-corrected chi connectivity index (χ1v) is 5.11. The molecule has 0 atom stereocenters. The van der Waals surface area contributed by atoms with Gasteiger partial charge in [-0.2, -0.15) is 0 Å². The zero-order valence-electron chi connectivity index (χ0n) is 9.01. The molecule has 1 amide bonds. The van der Waals surface area contributed by atoms with Crippen LogP contribution in [0.4, 0.5) is 0 Å². The van der Waals surface area contributed by atoms with Crippen LogP contribution in [0.1, 0.15) is 33.6 Å². The van der Waals surface area contributed by atoms with Crippen molar-refractivity contribution in [2.45, 2.75) is 33.6 Å². The van der Waals surface area contributed by atoms with Gasteiger partial charge in [0.1, 0.15) is 0 Å². The van der Waals surface area contributed by atoms with E-state index in [1.54, 1.807) is 0 Å². The maximum Gasteiger partial charge on any atom is 0.222 e. The van der Waals surface area contributed by atoms with Crippen molar-refractivity contribution in [1.82, 2.24) is 4.90 Å². The number of carbonyl (C=O) groups is 1. The molecule has 0 aromatic carbocycles. The minimum Gasteiger partial charge on any atom is -0.380 e. The van der Waals surface area contributed by atoms with E-state index in [9.17, 15) is 4.79 Å². The number of hydrogen-bond donors (Lipinski definition) is 0. The number of amides is 1. The summed E-state index contributed by atoms with van der Waals surface area (Å²) < 4.78 is 5.20. The Morgan fingerprint density at radius 1 is 1.31 bits per heavy atom. The molecule has 0 saturated heterocycles. The molecule has 0 rings (SSSR count). The van der Waals surface area contributed by atoms with E-state index in [1.807, 2.05) is 25.7 Å². The highest BCUT2D eigenvalue weighted by molar-refractivity contribution is 5.76. The number of rotatable bonds is 7. The summed E-state index contributed by atoms with van der Waals surface area (Å²) in [6, 6.07) is 0. The maximum atomic E-state index is 11.4. The molecule has 0 aliphatic rings. The minimum absolute atomic E-state index is 0.240. The Balaban J connectivity index is 3.67. The van der Waals surface area contributed by atoms with Crippen molar-refractivity contribution in [2.24, 2.45) is 0 Å². The normalized spacial score (nSPS) is 10.1. The summed E-state index contributed by atoms with van der Waals surface area (Å²) in [5, 5.41) is 0. The van der Waals surface area contributed by atoms with Crippen molar-refractivity contribution in [3.8, 4) is 0 Å². The number of likely N-dealkylation sites (N-methyl/N-ethyl adjacent to an activating group) is 1. The monoisotopic (exact) mass is 187 g/mol. The molecular weight excluding hydrogens is 166 g/mol. The van der Waals surface area contributed by atoms with Gasteiger partial charge in [-0.25, -0.2) is 0 Å². The summed E-state index contributed by atoms with van der Waals surface area (Å²) in [6.07, 6.45) is 1.57. The molecule has 0 bridgehead atoms. The molecule has 13 heavy (non-hydrogen) atoms. The third-order valence-corrected chi connectivity index (χ3v) is 1.91. The maximum absolute atomic E-state index is 11.4. The summed E-state index contributed by atoms with van der Waals surface area (Å²) in [5.41, 5.74) is 0. The van der Waals surface area contributed by atoms with Gasteiger partial charge in [0.25, 0.3) is 0 Å². The molecule has 3 heteroatoms. The van der Waals surface area contributed by atoms with E-state index in [4.69, 9.17) is 4.74 Å². The Labute approximate surface area is 81.1 Å². The summed E-state index contributed by atoms with van der Waals surface area (Å²) in [7, 11) is 0. The molecule has 0 aliphatic heterocycles. The fourth-order valence-corrected chi connectivity index (χ4v) is 1.15. The first kappa shape index (κ1) is 12.4. The van der Waals surface area contributed by atoms with Crippen molar-refractivity contribution < 1.29 is 9.53 Å². The van der Waals surface area contributed by atoms with Crippen molar-refractivity contribution in [2.75, 3.05) is 26.3 Å². The zero-order chi connectivity index (χ0) is 10.1. The van der Waals surface area contributed by atoms with E-state index in [1.165, 1.54) is 0 Å². The smallest absolute Gasteiger partial charge is 0.222 e.